The molecular weight excluding hydrogens is 378 g/mol. The van der Waals surface area contributed by atoms with Crippen molar-refractivity contribution in [2.45, 2.75) is 32.5 Å². The first-order valence-electron chi connectivity index (χ1n) is 9.52. The maximum Gasteiger partial charge on any atom is 0.211 e. The summed E-state index contributed by atoms with van der Waals surface area (Å²) in [5.41, 5.74) is 1.34. The molecule has 1 aromatic carbocycles. The quantitative estimate of drug-likeness (QED) is 0.731. The van der Waals surface area contributed by atoms with Gasteiger partial charge in [0.2, 0.25) is 10.0 Å². The Labute approximate surface area is 167 Å². The van der Waals surface area contributed by atoms with Crippen molar-refractivity contribution in [1.29, 1.82) is 0 Å². The first-order valence-corrected chi connectivity index (χ1v) is 12.1. The van der Waals surface area contributed by atoms with Crippen LogP contribution in [0.3, 0.4) is 0 Å². The second kappa shape index (κ2) is 9.30. The molecule has 1 aliphatic heterocycles. The minimum Gasteiger partial charge on any atom is -0.297 e. The Kier molecular flexibility index (Phi) is 7.05. The van der Waals surface area contributed by atoms with E-state index in [9.17, 15) is 8.42 Å². The van der Waals surface area contributed by atoms with E-state index in [1.807, 2.05) is 19.1 Å². The largest absolute Gasteiger partial charge is 0.297 e. The predicted octanol–water partition coefficient (Wildman–Crippen LogP) is 2.93. The molecule has 1 aliphatic rings. The lowest BCUT2D eigenvalue weighted by Gasteiger charge is -2.41. The van der Waals surface area contributed by atoms with E-state index in [-0.39, 0.29) is 17.8 Å². The van der Waals surface area contributed by atoms with Crippen molar-refractivity contribution in [1.82, 2.24) is 14.5 Å². The van der Waals surface area contributed by atoms with Gasteiger partial charge >= 0.3 is 0 Å². The molecule has 0 radical (unpaired) electrons. The van der Waals surface area contributed by atoms with Gasteiger partial charge in [-0.25, -0.2) is 13.1 Å². The molecule has 2 unspecified atom stereocenters. The monoisotopic (exact) mass is 407 g/mol. The first-order chi connectivity index (χ1) is 13.0. The van der Waals surface area contributed by atoms with Gasteiger partial charge in [-0.05, 0) is 30.9 Å². The molecule has 0 saturated carbocycles. The van der Waals surface area contributed by atoms with Gasteiger partial charge in [0, 0.05) is 43.6 Å². The van der Waals surface area contributed by atoms with Gasteiger partial charge in [0.15, 0.2) is 0 Å². The SMILES string of the molecule is CCS(=O)(=O)NC(C)C(c1cccs1)N1CCN(Cc2ccccc2)CC1. The Morgan fingerprint density at radius 3 is 2.37 bits per heavy atom. The van der Waals surface area contributed by atoms with Gasteiger partial charge < -0.3 is 0 Å². The molecule has 1 N–H and O–H groups in total. The Bertz CT molecular complexity index is 786. The van der Waals surface area contributed by atoms with Crippen molar-refractivity contribution >= 4 is 21.4 Å². The van der Waals surface area contributed by atoms with Gasteiger partial charge in [0.1, 0.15) is 0 Å². The summed E-state index contributed by atoms with van der Waals surface area (Å²) in [6, 6.07) is 14.6. The van der Waals surface area contributed by atoms with E-state index in [2.05, 4.69) is 50.2 Å². The van der Waals surface area contributed by atoms with Gasteiger partial charge in [-0.2, -0.15) is 0 Å². The molecule has 5 nitrogen and oxygen atoms in total. The number of nitrogens with one attached hydrogen (secondary N) is 1. The van der Waals surface area contributed by atoms with Crippen LogP contribution in [-0.2, 0) is 16.6 Å². The van der Waals surface area contributed by atoms with Crippen LogP contribution < -0.4 is 4.72 Å². The predicted molar refractivity (Wildman–Crippen MR) is 112 cm³/mol. The molecule has 0 aliphatic carbocycles. The summed E-state index contributed by atoms with van der Waals surface area (Å²) in [5, 5.41) is 2.06. The smallest absolute Gasteiger partial charge is 0.211 e. The lowest BCUT2D eigenvalue weighted by atomic mass is 10.1. The summed E-state index contributed by atoms with van der Waals surface area (Å²) in [5.74, 6) is 0.110. The zero-order valence-electron chi connectivity index (χ0n) is 16.0. The van der Waals surface area contributed by atoms with Crippen molar-refractivity contribution in [2.24, 2.45) is 0 Å². The fraction of sp³-hybridized carbons (Fsp3) is 0.500. The fourth-order valence-corrected chi connectivity index (χ4v) is 5.50. The Hall–Kier alpha value is -1.25. The maximum atomic E-state index is 12.1. The van der Waals surface area contributed by atoms with Crippen LogP contribution in [0.1, 0.15) is 30.3 Å². The molecule has 27 heavy (non-hydrogen) atoms. The third kappa shape index (κ3) is 5.62. The van der Waals surface area contributed by atoms with Crippen LogP contribution >= 0.6 is 11.3 Å². The summed E-state index contributed by atoms with van der Waals surface area (Å²) < 4.78 is 27.0. The fourth-order valence-electron chi connectivity index (χ4n) is 3.67. The van der Waals surface area contributed by atoms with Gasteiger partial charge in [-0.15, -0.1) is 11.3 Å². The van der Waals surface area contributed by atoms with E-state index in [4.69, 9.17) is 0 Å². The first kappa shape index (κ1) is 20.5. The summed E-state index contributed by atoms with van der Waals surface area (Å²) in [4.78, 5) is 6.12. The normalized spacial score (nSPS) is 19.0. The summed E-state index contributed by atoms with van der Waals surface area (Å²) in [6.45, 7) is 8.48. The van der Waals surface area contributed by atoms with Gasteiger partial charge in [0.05, 0.1) is 11.8 Å². The number of hydrogen-bond donors (Lipinski definition) is 1. The number of hydrogen-bond acceptors (Lipinski definition) is 5. The number of rotatable bonds is 8. The number of benzene rings is 1. The number of thiophene rings is 1. The molecule has 1 saturated heterocycles. The van der Waals surface area contributed by atoms with Crippen molar-refractivity contribution in [3.05, 3.63) is 58.3 Å². The van der Waals surface area contributed by atoms with Crippen LogP contribution in [0.2, 0.25) is 0 Å². The Morgan fingerprint density at radius 1 is 1.07 bits per heavy atom. The average molecular weight is 408 g/mol. The molecule has 2 heterocycles. The summed E-state index contributed by atoms with van der Waals surface area (Å²) in [7, 11) is -3.23. The van der Waals surface area contributed by atoms with Crippen molar-refractivity contribution < 1.29 is 8.42 Å². The van der Waals surface area contributed by atoms with Gasteiger partial charge in [-0.1, -0.05) is 36.4 Å². The van der Waals surface area contributed by atoms with Gasteiger partial charge in [0.25, 0.3) is 0 Å². The van der Waals surface area contributed by atoms with Crippen LogP contribution in [0.4, 0.5) is 0 Å². The van der Waals surface area contributed by atoms with E-state index >= 15 is 0 Å². The zero-order chi connectivity index (χ0) is 19.3. The molecule has 1 fully saturated rings. The number of sulfonamides is 1. The highest BCUT2D eigenvalue weighted by Gasteiger charge is 2.31. The summed E-state index contributed by atoms with van der Waals surface area (Å²) >= 11 is 1.70. The van der Waals surface area contributed by atoms with Crippen LogP contribution in [0.25, 0.3) is 0 Å². The molecule has 3 rings (SSSR count). The van der Waals surface area contributed by atoms with Crippen LogP contribution in [0.15, 0.2) is 47.8 Å². The highest BCUT2D eigenvalue weighted by atomic mass is 32.2. The minimum atomic E-state index is -3.23. The molecule has 0 bridgehead atoms. The van der Waals surface area contributed by atoms with Crippen LogP contribution in [-0.4, -0.2) is 56.2 Å². The molecule has 148 valence electrons. The lowest BCUT2D eigenvalue weighted by Crippen LogP contribution is -2.52. The Morgan fingerprint density at radius 2 is 1.78 bits per heavy atom. The third-order valence-corrected chi connectivity index (χ3v) is 7.54. The van der Waals surface area contributed by atoms with Crippen molar-refractivity contribution in [2.75, 3.05) is 31.9 Å². The van der Waals surface area contributed by atoms with Crippen molar-refractivity contribution in [3.8, 4) is 0 Å². The van der Waals surface area contributed by atoms with Crippen LogP contribution in [0.5, 0.6) is 0 Å². The summed E-state index contributed by atoms with van der Waals surface area (Å²) in [6.07, 6.45) is 0. The number of nitrogens with zero attached hydrogens (tertiary/aromatic N) is 2. The average Bonchev–Trinajstić information content (AvgIpc) is 3.18. The molecular formula is C20H29N3O2S2. The molecule has 2 aromatic rings. The second-order valence-corrected chi connectivity index (χ2v) is 10.1. The van der Waals surface area contributed by atoms with E-state index in [1.165, 1.54) is 10.4 Å². The van der Waals surface area contributed by atoms with E-state index < -0.39 is 10.0 Å². The second-order valence-electron chi connectivity index (χ2n) is 7.07. The lowest BCUT2D eigenvalue weighted by molar-refractivity contribution is 0.0819. The minimum absolute atomic E-state index is 0.0743. The molecule has 7 heteroatoms. The van der Waals surface area contributed by atoms with Crippen LogP contribution in [0, 0.1) is 0 Å². The highest BCUT2D eigenvalue weighted by Crippen LogP contribution is 2.29. The standard InChI is InChI=1S/C20H29N3O2S2/c1-3-27(24,25)21-17(2)20(19-10-7-15-26-19)23-13-11-22(12-14-23)16-18-8-5-4-6-9-18/h4-10,15,17,20-21H,3,11-14,16H2,1-2H3. The van der Waals surface area contributed by atoms with Gasteiger partial charge in [-0.3, -0.25) is 9.80 Å². The topological polar surface area (TPSA) is 52.7 Å². The third-order valence-electron chi connectivity index (χ3n) is 5.10. The molecule has 1 aromatic heterocycles. The maximum absolute atomic E-state index is 12.1. The molecule has 0 amide bonds. The van der Waals surface area contributed by atoms with E-state index in [0.29, 0.717) is 0 Å². The highest BCUT2D eigenvalue weighted by molar-refractivity contribution is 7.89. The number of piperazine rings is 1. The molecule has 2 atom stereocenters. The Balaban J connectivity index is 1.66. The van der Waals surface area contributed by atoms with E-state index in [1.54, 1.807) is 18.3 Å². The zero-order valence-corrected chi connectivity index (χ0v) is 17.7. The van der Waals surface area contributed by atoms with E-state index in [0.717, 1.165) is 32.7 Å². The van der Waals surface area contributed by atoms with Crippen molar-refractivity contribution in [3.63, 3.8) is 0 Å². The molecule has 0 spiro atoms.